The van der Waals surface area contributed by atoms with Crippen LogP contribution >= 0.6 is 11.6 Å². The van der Waals surface area contributed by atoms with Gasteiger partial charge in [-0.3, -0.25) is 19.0 Å². The number of aromatic nitrogens is 4. The fourth-order valence-electron chi connectivity index (χ4n) is 3.32. The van der Waals surface area contributed by atoms with Crippen molar-refractivity contribution in [3.8, 4) is 0 Å². The molecule has 2 amide bonds. The fourth-order valence-corrected chi connectivity index (χ4v) is 3.53. The maximum atomic E-state index is 12.8. The molecule has 0 aliphatic carbocycles. The van der Waals surface area contributed by atoms with Crippen molar-refractivity contribution in [3.05, 3.63) is 93.6 Å². The molecule has 4 aromatic rings. The van der Waals surface area contributed by atoms with Gasteiger partial charge in [-0.05, 0) is 29.8 Å². The molecule has 0 bridgehead atoms. The van der Waals surface area contributed by atoms with Gasteiger partial charge in [-0.15, -0.1) is 0 Å². The lowest BCUT2D eigenvalue weighted by Gasteiger charge is -2.08. The Morgan fingerprint density at radius 3 is 2.64 bits per heavy atom. The number of benzene rings is 2. The Bertz CT molecular complexity index is 1350. The first-order valence-corrected chi connectivity index (χ1v) is 10.6. The number of nitrogens with zero attached hydrogens (tertiary/aromatic N) is 4. The Morgan fingerprint density at radius 2 is 1.85 bits per heavy atom. The maximum absolute atomic E-state index is 12.8. The second-order valence-electron chi connectivity index (χ2n) is 7.31. The van der Waals surface area contributed by atoms with Gasteiger partial charge in [0, 0.05) is 17.1 Å². The minimum atomic E-state index is -0.326. The van der Waals surface area contributed by atoms with E-state index in [1.165, 1.54) is 17.1 Å². The van der Waals surface area contributed by atoms with Crippen LogP contribution in [0.15, 0.2) is 71.9 Å². The lowest BCUT2D eigenvalue weighted by atomic mass is 10.2. The third-order valence-corrected chi connectivity index (χ3v) is 5.19. The minimum Gasteiger partial charge on any atom is -0.353 e. The summed E-state index contributed by atoms with van der Waals surface area (Å²) in [4.78, 5) is 41.2. The summed E-state index contributed by atoms with van der Waals surface area (Å²) in [5.74, 6) is -0.644. The van der Waals surface area contributed by atoms with Crippen LogP contribution in [0.2, 0.25) is 5.02 Å². The largest absolute Gasteiger partial charge is 0.353 e. The number of nitrogens with one attached hydrogen (secondary N) is 2. The standard InChI is InChI=1S/C23H21ClN6O3/c24-18-8-4-5-16(11-18)14-29-15-27-21-19(23(29)33)12-28-30(21)10-9-25-20(31)13-26-22(32)17-6-2-1-3-7-17/h1-8,11-12,15H,9-10,13-14H2,(H,25,31)(H,26,32). The van der Waals surface area contributed by atoms with E-state index in [1.807, 2.05) is 18.2 Å². The van der Waals surface area contributed by atoms with Gasteiger partial charge >= 0.3 is 0 Å². The number of carbonyl (C=O) groups excluding carboxylic acids is 2. The van der Waals surface area contributed by atoms with Gasteiger partial charge in [0.2, 0.25) is 5.91 Å². The Labute approximate surface area is 194 Å². The van der Waals surface area contributed by atoms with Gasteiger partial charge in [0.15, 0.2) is 5.65 Å². The highest BCUT2D eigenvalue weighted by Gasteiger charge is 2.11. The van der Waals surface area contributed by atoms with Crippen molar-refractivity contribution in [2.45, 2.75) is 13.1 Å². The second-order valence-corrected chi connectivity index (χ2v) is 7.75. The van der Waals surface area contributed by atoms with Gasteiger partial charge in [0.1, 0.15) is 11.7 Å². The summed E-state index contributed by atoms with van der Waals surface area (Å²) >= 11 is 6.02. The van der Waals surface area contributed by atoms with E-state index in [2.05, 4.69) is 20.7 Å². The van der Waals surface area contributed by atoms with Crippen molar-refractivity contribution in [3.63, 3.8) is 0 Å². The summed E-state index contributed by atoms with van der Waals surface area (Å²) in [5, 5.41) is 10.5. The first-order chi connectivity index (χ1) is 16.0. The van der Waals surface area contributed by atoms with E-state index < -0.39 is 0 Å². The minimum absolute atomic E-state index is 0.139. The van der Waals surface area contributed by atoms with E-state index in [9.17, 15) is 14.4 Å². The van der Waals surface area contributed by atoms with Crippen LogP contribution in [-0.2, 0) is 17.9 Å². The molecule has 168 valence electrons. The molecule has 0 atom stereocenters. The van der Waals surface area contributed by atoms with Gasteiger partial charge in [-0.25, -0.2) is 9.67 Å². The Hall–Kier alpha value is -3.98. The van der Waals surface area contributed by atoms with Crippen LogP contribution in [0.4, 0.5) is 0 Å². The van der Waals surface area contributed by atoms with E-state index in [1.54, 1.807) is 41.1 Å². The van der Waals surface area contributed by atoms with Crippen LogP contribution in [0.1, 0.15) is 15.9 Å². The quantitative estimate of drug-likeness (QED) is 0.413. The van der Waals surface area contributed by atoms with Crippen LogP contribution in [0, 0.1) is 0 Å². The molecule has 0 fully saturated rings. The Balaban J connectivity index is 1.33. The van der Waals surface area contributed by atoms with Gasteiger partial charge in [-0.1, -0.05) is 41.9 Å². The first kappa shape index (κ1) is 22.2. The number of halogens is 1. The normalized spacial score (nSPS) is 10.8. The predicted molar refractivity (Wildman–Crippen MR) is 124 cm³/mol. The zero-order valence-corrected chi connectivity index (χ0v) is 18.3. The molecule has 33 heavy (non-hydrogen) atoms. The molecule has 2 aromatic carbocycles. The average Bonchev–Trinajstić information content (AvgIpc) is 3.23. The molecule has 0 saturated heterocycles. The molecule has 10 heteroatoms. The van der Waals surface area contributed by atoms with Gasteiger partial charge in [0.05, 0.1) is 25.8 Å². The van der Waals surface area contributed by atoms with E-state index in [0.29, 0.717) is 34.7 Å². The summed E-state index contributed by atoms with van der Waals surface area (Å²) in [5.41, 5.74) is 1.61. The average molecular weight is 465 g/mol. The van der Waals surface area contributed by atoms with Gasteiger partial charge in [0.25, 0.3) is 11.5 Å². The first-order valence-electron chi connectivity index (χ1n) is 10.3. The van der Waals surface area contributed by atoms with E-state index >= 15 is 0 Å². The van der Waals surface area contributed by atoms with Crippen molar-refractivity contribution in [1.29, 1.82) is 0 Å². The molecule has 2 aromatic heterocycles. The number of hydrogen-bond acceptors (Lipinski definition) is 5. The number of rotatable bonds is 8. The summed E-state index contributed by atoms with van der Waals surface area (Å²) in [7, 11) is 0. The van der Waals surface area contributed by atoms with Crippen LogP contribution in [0.25, 0.3) is 11.0 Å². The molecule has 4 rings (SSSR count). The smallest absolute Gasteiger partial charge is 0.264 e. The van der Waals surface area contributed by atoms with Crippen molar-refractivity contribution in [1.82, 2.24) is 30.0 Å². The summed E-state index contributed by atoms with van der Waals surface area (Å²) in [6.07, 6.45) is 2.95. The highest BCUT2D eigenvalue weighted by atomic mass is 35.5. The van der Waals surface area contributed by atoms with Crippen molar-refractivity contribution in [2.24, 2.45) is 0 Å². The molecule has 0 radical (unpaired) electrons. The molecule has 0 saturated carbocycles. The van der Waals surface area contributed by atoms with Crippen molar-refractivity contribution >= 4 is 34.4 Å². The topological polar surface area (TPSA) is 111 Å². The van der Waals surface area contributed by atoms with Gasteiger partial charge in [-0.2, -0.15) is 5.10 Å². The molecular weight excluding hydrogens is 444 g/mol. The third-order valence-electron chi connectivity index (χ3n) is 4.96. The second kappa shape index (κ2) is 10.1. The van der Waals surface area contributed by atoms with Crippen LogP contribution < -0.4 is 16.2 Å². The summed E-state index contributed by atoms with van der Waals surface area (Å²) < 4.78 is 3.06. The SMILES string of the molecule is O=C(CNC(=O)c1ccccc1)NCCn1ncc2c(=O)n(Cc3cccc(Cl)c3)cnc21. The number of amides is 2. The molecular formula is C23H21ClN6O3. The molecule has 0 aliphatic heterocycles. The van der Waals surface area contributed by atoms with Crippen molar-refractivity contribution < 1.29 is 9.59 Å². The van der Waals surface area contributed by atoms with E-state index in [-0.39, 0.29) is 30.5 Å². The van der Waals surface area contributed by atoms with Crippen LogP contribution in [0.3, 0.4) is 0 Å². The van der Waals surface area contributed by atoms with Crippen LogP contribution in [0.5, 0.6) is 0 Å². The number of carbonyl (C=O) groups is 2. The molecule has 0 unspecified atom stereocenters. The van der Waals surface area contributed by atoms with Gasteiger partial charge < -0.3 is 10.6 Å². The Kier molecular flexibility index (Phi) is 6.80. The van der Waals surface area contributed by atoms with Crippen molar-refractivity contribution in [2.75, 3.05) is 13.1 Å². The molecule has 0 spiro atoms. The highest BCUT2D eigenvalue weighted by Crippen LogP contribution is 2.12. The van der Waals surface area contributed by atoms with Crippen LogP contribution in [-0.4, -0.2) is 44.2 Å². The number of fused-ring (bicyclic) bond motifs is 1. The summed E-state index contributed by atoms with van der Waals surface area (Å²) in [6, 6.07) is 15.9. The zero-order chi connectivity index (χ0) is 23.2. The Morgan fingerprint density at radius 1 is 1.03 bits per heavy atom. The predicted octanol–water partition coefficient (Wildman–Crippen LogP) is 1.84. The zero-order valence-electron chi connectivity index (χ0n) is 17.6. The molecule has 2 N–H and O–H groups in total. The summed E-state index contributed by atoms with van der Waals surface area (Å²) in [6.45, 7) is 0.801. The molecule has 0 aliphatic rings. The highest BCUT2D eigenvalue weighted by molar-refractivity contribution is 6.30. The number of hydrogen-bond donors (Lipinski definition) is 2. The third kappa shape index (κ3) is 5.45. The van der Waals surface area contributed by atoms with E-state index in [0.717, 1.165) is 5.56 Å². The molecule has 9 nitrogen and oxygen atoms in total. The lowest BCUT2D eigenvalue weighted by molar-refractivity contribution is -0.120. The fraction of sp³-hybridized carbons (Fsp3) is 0.174. The maximum Gasteiger partial charge on any atom is 0.264 e. The van der Waals surface area contributed by atoms with E-state index in [4.69, 9.17) is 11.6 Å². The molecule has 2 heterocycles. The monoisotopic (exact) mass is 464 g/mol. The lowest BCUT2D eigenvalue weighted by Crippen LogP contribution is -2.38.